The summed E-state index contributed by atoms with van der Waals surface area (Å²) in [6, 6.07) is 13.2. The summed E-state index contributed by atoms with van der Waals surface area (Å²) in [5.41, 5.74) is 4.42. The number of amides is 2. The average molecular weight is 535 g/mol. The second-order valence-corrected chi connectivity index (χ2v) is 11.5. The van der Waals surface area contributed by atoms with Crippen LogP contribution >= 0.6 is 11.6 Å². The molecule has 0 saturated heterocycles. The van der Waals surface area contributed by atoms with Gasteiger partial charge in [-0.2, -0.15) is 5.10 Å². The summed E-state index contributed by atoms with van der Waals surface area (Å²) in [5, 5.41) is 11.0. The van der Waals surface area contributed by atoms with E-state index in [-0.39, 0.29) is 12.5 Å². The molecule has 3 rings (SSSR count). The first-order valence-corrected chi connectivity index (χ1v) is 12.8. The molecule has 200 valence electrons. The SMILES string of the molecule is Cc1cc(C#CCNC(=O)OC(C)(C)C)ccc1-n1nc(C(=O)NC(C)(C)C)c(C)c1-c1ccc(Cl)cc1. The van der Waals surface area contributed by atoms with E-state index in [4.69, 9.17) is 21.4 Å². The molecular formula is C30H35ClN4O3. The fourth-order valence-electron chi connectivity index (χ4n) is 3.78. The zero-order valence-electron chi connectivity index (χ0n) is 23.2. The van der Waals surface area contributed by atoms with Crippen LogP contribution in [0.25, 0.3) is 16.9 Å². The van der Waals surface area contributed by atoms with Crippen LogP contribution in [-0.2, 0) is 4.74 Å². The number of rotatable bonds is 4. The lowest BCUT2D eigenvalue weighted by Crippen LogP contribution is -2.41. The van der Waals surface area contributed by atoms with Gasteiger partial charge in [-0.1, -0.05) is 35.6 Å². The van der Waals surface area contributed by atoms with E-state index in [1.807, 2.05) is 97.9 Å². The lowest BCUT2D eigenvalue weighted by atomic mass is 10.0. The Balaban J connectivity index is 1.95. The van der Waals surface area contributed by atoms with Crippen LogP contribution in [0.15, 0.2) is 42.5 Å². The molecule has 2 aromatic carbocycles. The van der Waals surface area contributed by atoms with E-state index in [0.717, 1.165) is 33.6 Å². The maximum absolute atomic E-state index is 13.1. The fourth-order valence-corrected chi connectivity index (χ4v) is 3.91. The molecule has 8 heteroatoms. The van der Waals surface area contributed by atoms with Gasteiger partial charge in [0.05, 0.1) is 17.9 Å². The molecule has 2 amide bonds. The first-order chi connectivity index (χ1) is 17.6. The Bertz CT molecular complexity index is 1400. The second-order valence-electron chi connectivity index (χ2n) is 11.1. The Morgan fingerprint density at radius 3 is 2.26 bits per heavy atom. The van der Waals surface area contributed by atoms with Crippen molar-refractivity contribution in [3.05, 3.63) is 69.9 Å². The summed E-state index contributed by atoms with van der Waals surface area (Å²) in [7, 11) is 0. The molecule has 0 bridgehead atoms. The molecule has 0 aliphatic rings. The van der Waals surface area contributed by atoms with Crippen molar-refractivity contribution in [1.29, 1.82) is 0 Å². The minimum absolute atomic E-state index is 0.168. The molecule has 1 heterocycles. The quantitative estimate of drug-likeness (QED) is 0.389. The maximum atomic E-state index is 13.1. The van der Waals surface area contributed by atoms with Crippen molar-refractivity contribution in [2.75, 3.05) is 6.54 Å². The number of hydrogen-bond acceptors (Lipinski definition) is 4. The van der Waals surface area contributed by atoms with E-state index in [2.05, 4.69) is 22.5 Å². The summed E-state index contributed by atoms with van der Waals surface area (Å²) in [6.45, 7) is 15.3. The van der Waals surface area contributed by atoms with Gasteiger partial charge in [-0.15, -0.1) is 0 Å². The highest BCUT2D eigenvalue weighted by Crippen LogP contribution is 2.31. The Morgan fingerprint density at radius 1 is 1.03 bits per heavy atom. The zero-order chi connectivity index (χ0) is 28.3. The average Bonchev–Trinajstić information content (AvgIpc) is 3.12. The van der Waals surface area contributed by atoms with Gasteiger partial charge < -0.3 is 15.4 Å². The van der Waals surface area contributed by atoms with E-state index >= 15 is 0 Å². The highest BCUT2D eigenvalue weighted by Gasteiger charge is 2.25. The summed E-state index contributed by atoms with van der Waals surface area (Å²) >= 11 is 6.13. The monoisotopic (exact) mass is 534 g/mol. The molecule has 0 unspecified atom stereocenters. The molecule has 0 spiro atoms. The molecule has 0 aliphatic heterocycles. The first-order valence-electron chi connectivity index (χ1n) is 12.4. The zero-order valence-corrected chi connectivity index (χ0v) is 24.0. The summed E-state index contributed by atoms with van der Waals surface area (Å²) in [4.78, 5) is 24.9. The fraction of sp³-hybridized carbons (Fsp3) is 0.367. The van der Waals surface area contributed by atoms with Gasteiger partial charge in [0.15, 0.2) is 5.69 Å². The third-order valence-corrected chi connectivity index (χ3v) is 5.57. The number of hydrogen-bond donors (Lipinski definition) is 2. The van der Waals surface area contributed by atoms with Gasteiger partial charge in [-0.3, -0.25) is 4.79 Å². The summed E-state index contributed by atoms with van der Waals surface area (Å²) < 4.78 is 7.02. The molecular weight excluding hydrogens is 500 g/mol. The molecule has 38 heavy (non-hydrogen) atoms. The number of nitrogens with one attached hydrogen (secondary N) is 2. The van der Waals surface area contributed by atoms with Gasteiger partial charge in [0, 0.05) is 27.3 Å². The van der Waals surface area contributed by atoms with Crippen LogP contribution in [0.5, 0.6) is 0 Å². The minimum Gasteiger partial charge on any atom is -0.444 e. The highest BCUT2D eigenvalue weighted by atomic mass is 35.5. The van der Waals surface area contributed by atoms with Crippen LogP contribution in [0.3, 0.4) is 0 Å². The van der Waals surface area contributed by atoms with Gasteiger partial charge in [0.1, 0.15) is 5.60 Å². The van der Waals surface area contributed by atoms with Crippen LogP contribution in [0.1, 0.15) is 68.7 Å². The Kier molecular flexibility index (Phi) is 8.58. The Labute approximate surface area is 229 Å². The van der Waals surface area contributed by atoms with E-state index < -0.39 is 17.2 Å². The topological polar surface area (TPSA) is 85.2 Å². The van der Waals surface area contributed by atoms with Gasteiger partial charge in [0.25, 0.3) is 5.91 Å². The number of benzene rings is 2. The summed E-state index contributed by atoms with van der Waals surface area (Å²) in [5.74, 6) is 5.78. The van der Waals surface area contributed by atoms with Gasteiger partial charge >= 0.3 is 6.09 Å². The number of halogens is 1. The number of aryl methyl sites for hydroxylation is 1. The maximum Gasteiger partial charge on any atom is 0.408 e. The molecule has 0 saturated carbocycles. The lowest BCUT2D eigenvalue weighted by molar-refractivity contribution is 0.0535. The first kappa shape index (κ1) is 28.8. The minimum atomic E-state index is -0.562. The van der Waals surface area contributed by atoms with E-state index in [1.165, 1.54) is 0 Å². The number of alkyl carbamates (subject to hydrolysis) is 1. The smallest absolute Gasteiger partial charge is 0.408 e. The van der Waals surface area contributed by atoms with E-state index in [0.29, 0.717) is 10.7 Å². The molecule has 0 fully saturated rings. The van der Waals surface area contributed by atoms with Crippen molar-refractivity contribution < 1.29 is 14.3 Å². The van der Waals surface area contributed by atoms with E-state index in [1.54, 1.807) is 4.68 Å². The predicted molar refractivity (Wildman–Crippen MR) is 152 cm³/mol. The van der Waals surface area contributed by atoms with Crippen molar-refractivity contribution in [3.8, 4) is 28.8 Å². The van der Waals surface area contributed by atoms with E-state index in [9.17, 15) is 9.59 Å². The third-order valence-electron chi connectivity index (χ3n) is 5.32. The number of aromatic nitrogens is 2. The Morgan fingerprint density at radius 2 is 1.68 bits per heavy atom. The third kappa shape index (κ3) is 7.62. The van der Waals surface area contributed by atoms with Crippen molar-refractivity contribution in [1.82, 2.24) is 20.4 Å². The molecule has 1 aromatic heterocycles. The van der Waals surface area contributed by atoms with Crippen molar-refractivity contribution in [2.24, 2.45) is 0 Å². The molecule has 2 N–H and O–H groups in total. The predicted octanol–water partition coefficient (Wildman–Crippen LogP) is 6.21. The van der Waals surface area contributed by atoms with Crippen molar-refractivity contribution in [2.45, 2.75) is 66.5 Å². The van der Waals surface area contributed by atoms with Crippen LogP contribution in [0.2, 0.25) is 5.02 Å². The van der Waals surface area contributed by atoms with Gasteiger partial charge in [-0.05, 0) is 91.3 Å². The normalized spacial score (nSPS) is 11.4. The molecule has 7 nitrogen and oxygen atoms in total. The number of carbonyl (C=O) groups excluding carboxylic acids is 2. The molecule has 0 atom stereocenters. The van der Waals surface area contributed by atoms with Crippen LogP contribution < -0.4 is 10.6 Å². The van der Waals surface area contributed by atoms with Gasteiger partial charge in [0.2, 0.25) is 0 Å². The second kappa shape index (κ2) is 11.3. The number of carbonyl (C=O) groups is 2. The molecule has 0 aliphatic carbocycles. The number of nitrogens with zero attached hydrogens (tertiary/aromatic N) is 2. The largest absolute Gasteiger partial charge is 0.444 e. The standard InChI is InChI=1S/C30H35ClN4O3/c1-19-18-21(10-9-17-32-28(37)38-30(6,7)8)11-16-24(19)35-26(22-12-14-23(31)15-13-22)20(2)25(34-35)27(36)33-29(3,4)5/h11-16,18H,17H2,1-8H3,(H,32,37)(H,33,36). The number of ether oxygens (including phenoxy) is 1. The molecule has 0 radical (unpaired) electrons. The molecule has 3 aromatic rings. The van der Waals surface area contributed by atoms with Gasteiger partial charge in [-0.25, -0.2) is 9.48 Å². The van der Waals surface area contributed by atoms with Crippen LogP contribution in [0.4, 0.5) is 4.79 Å². The summed E-state index contributed by atoms with van der Waals surface area (Å²) in [6.07, 6.45) is -0.506. The lowest BCUT2D eigenvalue weighted by Gasteiger charge is -2.19. The van der Waals surface area contributed by atoms with Crippen molar-refractivity contribution in [3.63, 3.8) is 0 Å². The Hall–Kier alpha value is -3.76. The van der Waals surface area contributed by atoms with Crippen LogP contribution in [0, 0.1) is 25.7 Å². The van der Waals surface area contributed by atoms with Crippen molar-refractivity contribution >= 4 is 23.6 Å². The van der Waals surface area contributed by atoms with Crippen LogP contribution in [-0.4, -0.2) is 39.5 Å². The highest BCUT2D eigenvalue weighted by molar-refractivity contribution is 6.30.